The summed E-state index contributed by atoms with van der Waals surface area (Å²) in [4.78, 5) is 2.00. The Bertz CT molecular complexity index is 27.0. The third kappa shape index (κ3) is 48.0. The monoisotopic (exact) mass is 356 g/mol. The molecule has 0 aliphatic heterocycles. The van der Waals surface area contributed by atoms with Gasteiger partial charge >= 0.3 is 0 Å². The van der Waals surface area contributed by atoms with Crippen molar-refractivity contribution in [2.75, 3.05) is 14.1 Å². The molecule has 1 radical (unpaired) electrons. The Kier molecular flexibility index (Phi) is 82.2. The van der Waals surface area contributed by atoms with E-state index >= 15 is 0 Å². The fourth-order valence-corrected chi connectivity index (χ4v) is 0. The van der Waals surface area contributed by atoms with Crippen molar-refractivity contribution in [2.45, 2.75) is 29.1 Å². The van der Waals surface area contributed by atoms with Crippen LogP contribution in [0.3, 0.4) is 0 Å². The first-order valence-corrected chi connectivity index (χ1v) is 1.73. The van der Waals surface area contributed by atoms with Crippen LogP contribution < -0.4 is 0 Å². The number of nitrogens with zero attached hydrogens (tertiary/aromatic N) is 1. The van der Waals surface area contributed by atoms with Crippen LogP contribution in [0.2, 0.25) is 6.82 Å². The van der Waals surface area contributed by atoms with Gasteiger partial charge in [0.1, 0.15) is 0 Å². The van der Waals surface area contributed by atoms with Gasteiger partial charge in [-0.05, 0) is 14.1 Å². The topological polar surface area (TPSA) is 3.24 Å². The average molecular weight is 356 g/mol. The summed E-state index contributed by atoms with van der Waals surface area (Å²) in [6, 6.07) is 0. The molecule has 0 fully saturated rings. The molecule has 0 bridgehead atoms. The van der Waals surface area contributed by atoms with Crippen molar-refractivity contribution in [3.63, 3.8) is 0 Å². The third-order valence-electron chi connectivity index (χ3n) is 0.516. The zero-order chi connectivity index (χ0) is 4.28. The average Bonchev–Trinajstić information content (AvgIpc) is 1.38. The molecule has 0 aromatic carbocycles. The molecule has 57 valence electrons. The summed E-state index contributed by atoms with van der Waals surface area (Å²) in [6.07, 6.45) is 0. The summed E-state index contributed by atoms with van der Waals surface area (Å²) in [5, 5.41) is 0. The molecule has 0 saturated heterocycles. The Labute approximate surface area is 86.2 Å². The maximum absolute atomic E-state index is 2.00. The zero-order valence-corrected chi connectivity index (χ0v) is 8.69. The van der Waals surface area contributed by atoms with Gasteiger partial charge in [-0.1, -0.05) is 29.1 Å². The number of hydrogen-bond acceptors (Lipinski definition) is 1. The first-order valence-electron chi connectivity index (χ1n) is 1.73. The summed E-state index contributed by atoms with van der Waals surface area (Å²) in [5.41, 5.74) is 0. The Morgan fingerprint density at radius 2 is 1.11 bits per heavy atom. The summed E-state index contributed by atoms with van der Waals surface area (Å²) in [6.45, 7) is 2.00. The van der Waals surface area contributed by atoms with Crippen LogP contribution >= 0.6 is 0 Å². The van der Waals surface area contributed by atoms with Gasteiger partial charge in [0.25, 0.3) is 0 Å². The molecule has 0 amide bonds. The van der Waals surface area contributed by atoms with Gasteiger partial charge in [-0.3, -0.25) is 0 Å². The second kappa shape index (κ2) is 23.0. The van der Waals surface area contributed by atoms with Crippen LogP contribution in [0.5, 0.6) is 0 Å². The van der Waals surface area contributed by atoms with Gasteiger partial charge in [-0.25, -0.2) is 0 Å². The molecule has 0 heterocycles. The van der Waals surface area contributed by atoms with Crippen molar-refractivity contribution in [1.82, 2.24) is 4.81 Å². The molecule has 0 spiro atoms. The van der Waals surface area contributed by atoms with Crippen LogP contribution in [-0.4, -0.2) is 26.3 Å². The van der Waals surface area contributed by atoms with E-state index in [4.69, 9.17) is 0 Å². The summed E-state index contributed by atoms with van der Waals surface area (Å²) in [7, 11) is 6.00. The molecular formula is C6H21BNU. The van der Waals surface area contributed by atoms with Crippen molar-refractivity contribution >= 4 is 7.41 Å². The molecule has 0 rings (SSSR count). The van der Waals surface area contributed by atoms with Gasteiger partial charge in [0.05, 0.1) is 0 Å². The van der Waals surface area contributed by atoms with E-state index < -0.39 is 0 Å². The van der Waals surface area contributed by atoms with E-state index in [0.717, 1.165) is 0 Å². The molecule has 1 nitrogen and oxygen atoms in total. The third-order valence-corrected chi connectivity index (χ3v) is 0.516. The van der Waals surface area contributed by atoms with Crippen molar-refractivity contribution in [2.24, 2.45) is 0 Å². The fourth-order valence-electron chi connectivity index (χ4n) is 0. The predicted molar refractivity (Wildman–Crippen MR) is 45.5 cm³/mol. The normalized spacial score (nSPS) is 4.89. The Hall–Kier alpha value is 1.08. The molecule has 0 aliphatic carbocycles. The first kappa shape index (κ1) is 32.2. The van der Waals surface area contributed by atoms with Crippen LogP contribution in [0.4, 0.5) is 0 Å². The second-order valence-corrected chi connectivity index (χ2v) is 1.22. The summed E-state index contributed by atoms with van der Waals surface area (Å²) in [5.74, 6) is 0. The van der Waals surface area contributed by atoms with E-state index in [9.17, 15) is 0 Å². The van der Waals surface area contributed by atoms with E-state index in [2.05, 4.69) is 0 Å². The molecule has 0 unspecified atom stereocenters. The van der Waals surface area contributed by atoms with Crippen molar-refractivity contribution in [1.29, 1.82) is 0 Å². The fraction of sp³-hybridized carbons (Fsp3) is 1.00. The molecular weight excluding hydrogens is 335 g/mol. The van der Waals surface area contributed by atoms with E-state index in [1.165, 1.54) is 0 Å². The van der Waals surface area contributed by atoms with Crippen LogP contribution in [0.15, 0.2) is 0 Å². The van der Waals surface area contributed by atoms with Crippen LogP contribution in [0.1, 0.15) is 22.3 Å². The molecule has 0 atom stereocenters. The number of rotatable bonds is 1. The van der Waals surface area contributed by atoms with Gasteiger partial charge in [0, 0.05) is 31.1 Å². The molecule has 3 heteroatoms. The number of hydrogen-bond donors (Lipinski definition) is 0. The van der Waals surface area contributed by atoms with Gasteiger partial charge < -0.3 is 4.81 Å². The van der Waals surface area contributed by atoms with Crippen LogP contribution in [-0.2, 0) is 0 Å². The minimum absolute atomic E-state index is 0. The van der Waals surface area contributed by atoms with Gasteiger partial charge in [0.15, 0.2) is 0 Å². The first-order chi connectivity index (χ1) is 2.27. The molecule has 9 heavy (non-hydrogen) atoms. The molecule has 0 N–H and O–H groups in total. The smallest absolute Gasteiger partial charge is 0.204 e. The maximum atomic E-state index is 2.00. The SMILES string of the molecule is C.C.C.C[B]N(C)C.[U]. The standard InChI is InChI=1S/C3H9BN.3CH4.U/c1-4-5(2)3;;;;/h1-3H3;3*1H4;. The van der Waals surface area contributed by atoms with E-state index in [0.29, 0.717) is 0 Å². The zero-order valence-electron chi connectivity index (χ0n) is 4.52. The van der Waals surface area contributed by atoms with Gasteiger partial charge in [-0.15, -0.1) is 0 Å². The van der Waals surface area contributed by atoms with E-state index in [1.54, 1.807) is 0 Å². The quantitative estimate of drug-likeness (QED) is 0.651. The minimum Gasteiger partial charge on any atom is -0.352 e. The summed E-state index contributed by atoms with van der Waals surface area (Å²) < 4.78 is 0. The molecule has 0 aromatic heterocycles. The largest absolute Gasteiger partial charge is 0.352 e. The van der Waals surface area contributed by atoms with Crippen LogP contribution in [0.25, 0.3) is 0 Å². The molecule has 0 saturated carbocycles. The van der Waals surface area contributed by atoms with Gasteiger partial charge in [-0.2, -0.15) is 0 Å². The summed E-state index contributed by atoms with van der Waals surface area (Å²) >= 11 is 0. The van der Waals surface area contributed by atoms with E-state index in [1.807, 2.05) is 33.1 Å². The molecule has 0 aromatic rings. The predicted octanol–water partition coefficient (Wildman–Crippen LogP) is 2.12. The minimum atomic E-state index is 0. The van der Waals surface area contributed by atoms with E-state index in [-0.39, 0.29) is 53.4 Å². The maximum Gasteiger partial charge on any atom is 0.204 e. The van der Waals surface area contributed by atoms with Gasteiger partial charge in [0.2, 0.25) is 7.41 Å². The Morgan fingerprint density at radius 3 is 1.11 bits per heavy atom. The molecule has 0 aliphatic rings. The Balaban J connectivity index is -0.0000000133. The van der Waals surface area contributed by atoms with Crippen molar-refractivity contribution in [3.8, 4) is 0 Å². The van der Waals surface area contributed by atoms with Crippen molar-refractivity contribution in [3.05, 3.63) is 0 Å². The second-order valence-electron chi connectivity index (χ2n) is 1.22. The Morgan fingerprint density at radius 1 is 1.00 bits per heavy atom. The van der Waals surface area contributed by atoms with Crippen molar-refractivity contribution < 1.29 is 31.1 Å². The van der Waals surface area contributed by atoms with Crippen LogP contribution in [0, 0.1) is 31.1 Å².